The standard InChI is InChI=1S/C25H24N2O2/c1-25(2,3)20-14-12-18(13-15-20)23(28)26-16-17-8-10-19(11-9-17)24-27-21-6-4-5-7-22(21)29-24/h4-15H,16H2,1-3H3,(H,26,28). The second-order valence-corrected chi connectivity index (χ2v) is 8.19. The Hall–Kier alpha value is -3.40. The first-order valence-electron chi connectivity index (χ1n) is 9.74. The van der Waals surface area contributed by atoms with E-state index in [0.29, 0.717) is 18.0 Å². The molecule has 4 nitrogen and oxygen atoms in total. The number of rotatable bonds is 4. The molecule has 1 amide bonds. The first-order chi connectivity index (χ1) is 13.9. The lowest BCUT2D eigenvalue weighted by Gasteiger charge is -2.19. The van der Waals surface area contributed by atoms with Gasteiger partial charge in [-0.15, -0.1) is 0 Å². The molecule has 0 unspecified atom stereocenters. The fraction of sp³-hybridized carbons (Fsp3) is 0.200. The molecule has 0 atom stereocenters. The number of nitrogens with zero attached hydrogens (tertiary/aromatic N) is 1. The summed E-state index contributed by atoms with van der Waals surface area (Å²) in [5, 5.41) is 2.98. The Morgan fingerprint density at radius 3 is 2.28 bits per heavy atom. The van der Waals surface area contributed by atoms with Crippen molar-refractivity contribution in [3.63, 3.8) is 0 Å². The van der Waals surface area contributed by atoms with Gasteiger partial charge >= 0.3 is 0 Å². The molecule has 3 aromatic carbocycles. The minimum atomic E-state index is -0.0755. The Bertz CT molecular complexity index is 1100. The number of hydrogen-bond donors (Lipinski definition) is 1. The van der Waals surface area contributed by atoms with E-state index in [0.717, 1.165) is 22.2 Å². The Labute approximate surface area is 170 Å². The number of carbonyl (C=O) groups is 1. The Balaban J connectivity index is 1.40. The first-order valence-corrected chi connectivity index (χ1v) is 9.74. The second kappa shape index (κ2) is 7.55. The Morgan fingerprint density at radius 2 is 1.62 bits per heavy atom. The van der Waals surface area contributed by atoms with Crippen molar-refractivity contribution in [1.29, 1.82) is 0 Å². The molecule has 0 bridgehead atoms. The SMILES string of the molecule is CC(C)(C)c1ccc(C(=O)NCc2ccc(-c3nc4ccccc4o3)cc2)cc1. The van der Waals surface area contributed by atoms with E-state index in [9.17, 15) is 4.79 Å². The van der Waals surface area contributed by atoms with Gasteiger partial charge in [0.25, 0.3) is 5.91 Å². The first kappa shape index (κ1) is 18.9. The summed E-state index contributed by atoms with van der Waals surface area (Å²) in [6, 6.07) is 23.4. The van der Waals surface area contributed by atoms with Crippen LogP contribution in [0.5, 0.6) is 0 Å². The van der Waals surface area contributed by atoms with Crippen molar-refractivity contribution in [3.05, 3.63) is 89.5 Å². The van der Waals surface area contributed by atoms with Crippen LogP contribution in [-0.2, 0) is 12.0 Å². The summed E-state index contributed by atoms with van der Waals surface area (Å²) in [5.74, 6) is 0.522. The summed E-state index contributed by atoms with van der Waals surface area (Å²) < 4.78 is 5.80. The molecule has 1 heterocycles. The van der Waals surface area contributed by atoms with E-state index in [1.54, 1.807) is 0 Å². The summed E-state index contributed by atoms with van der Waals surface area (Å²) in [7, 11) is 0. The third kappa shape index (κ3) is 4.21. The van der Waals surface area contributed by atoms with Crippen LogP contribution in [0.3, 0.4) is 0 Å². The molecule has 1 N–H and O–H groups in total. The number of fused-ring (bicyclic) bond motifs is 1. The average Bonchev–Trinajstić information content (AvgIpc) is 3.16. The maximum absolute atomic E-state index is 12.4. The maximum atomic E-state index is 12.4. The van der Waals surface area contributed by atoms with E-state index < -0.39 is 0 Å². The fourth-order valence-electron chi connectivity index (χ4n) is 3.17. The highest BCUT2D eigenvalue weighted by Gasteiger charge is 2.14. The number of aromatic nitrogens is 1. The molecule has 4 aromatic rings. The van der Waals surface area contributed by atoms with E-state index in [-0.39, 0.29) is 11.3 Å². The van der Waals surface area contributed by atoms with Crippen LogP contribution in [0.2, 0.25) is 0 Å². The van der Waals surface area contributed by atoms with E-state index in [1.165, 1.54) is 5.56 Å². The van der Waals surface area contributed by atoms with Crippen molar-refractivity contribution in [2.75, 3.05) is 0 Å². The van der Waals surface area contributed by atoms with Crippen LogP contribution in [-0.4, -0.2) is 10.9 Å². The van der Waals surface area contributed by atoms with Crippen LogP contribution >= 0.6 is 0 Å². The molecule has 0 spiro atoms. The smallest absolute Gasteiger partial charge is 0.251 e. The average molecular weight is 384 g/mol. The zero-order valence-corrected chi connectivity index (χ0v) is 16.9. The molecule has 0 saturated heterocycles. The van der Waals surface area contributed by atoms with Gasteiger partial charge in [-0.1, -0.05) is 57.2 Å². The molecule has 0 aliphatic carbocycles. The lowest BCUT2D eigenvalue weighted by atomic mass is 9.87. The van der Waals surface area contributed by atoms with Gasteiger partial charge in [0.05, 0.1) is 0 Å². The molecule has 0 aliphatic rings. The van der Waals surface area contributed by atoms with Crippen LogP contribution in [0.25, 0.3) is 22.6 Å². The highest BCUT2D eigenvalue weighted by atomic mass is 16.3. The van der Waals surface area contributed by atoms with Gasteiger partial charge in [-0.2, -0.15) is 0 Å². The van der Waals surface area contributed by atoms with Crippen molar-refractivity contribution in [2.45, 2.75) is 32.7 Å². The molecule has 0 saturated carbocycles. The van der Waals surface area contributed by atoms with Gasteiger partial charge in [-0.05, 0) is 52.9 Å². The van der Waals surface area contributed by atoms with Crippen LogP contribution in [0, 0.1) is 0 Å². The Kier molecular flexibility index (Phi) is 4.93. The number of benzene rings is 3. The van der Waals surface area contributed by atoms with E-state index in [1.807, 2.05) is 72.8 Å². The fourth-order valence-corrected chi connectivity index (χ4v) is 3.17. The van der Waals surface area contributed by atoms with Crippen molar-refractivity contribution in [3.8, 4) is 11.5 Å². The number of nitrogens with one attached hydrogen (secondary N) is 1. The third-order valence-electron chi connectivity index (χ3n) is 4.96. The molecule has 0 radical (unpaired) electrons. The zero-order chi connectivity index (χ0) is 20.4. The molecule has 4 heteroatoms. The molecule has 146 valence electrons. The van der Waals surface area contributed by atoms with Crippen molar-refractivity contribution in [2.24, 2.45) is 0 Å². The summed E-state index contributed by atoms with van der Waals surface area (Å²) in [6.07, 6.45) is 0. The van der Waals surface area contributed by atoms with Gasteiger partial charge in [0.2, 0.25) is 5.89 Å². The molecule has 0 fully saturated rings. The molecular formula is C25H24N2O2. The predicted octanol–water partition coefficient (Wildman–Crippen LogP) is 5.72. The minimum Gasteiger partial charge on any atom is -0.436 e. The second-order valence-electron chi connectivity index (χ2n) is 8.19. The number of hydrogen-bond acceptors (Lipinski definition) is 3. The number of carbonyl (C=O) groups excluding carboxylic acids is 1. The van der Waals surface area contributed by atoms with Gasteiger partial charge < -0.3 is 9.73 Å². The van der Waals surface area contributed by atoms with Crippen LogP contribution in [0.15, 0.2) is 77.2 Å². The quantitative estimate of drug-likeness (QED) is 0.489. The summed E-state index contributed by atoms with van der Waals surface area (Å²) >= 11 is 0. The summed E-state index contributed by atoms with van der Waals surface area (Å²) in [4.78, 5) is 16.9. The van der Waals surface area contributed by atoms with Gasteiger partial charge in [0.15, 0.2) is 5.58 Å². The molecule has 4 rings (SSSR count). The highest BCUT2D eigenvalue weighted by molar-refractivity contribution is 5.94. The normalized spacial score (nSPS) is 11.6. The van der Waals surface area contributed by atoms with Gasteiger partial charge in [0, 0.05) is 17.7 Å². The van der Waals surface area contributed by atoms with Crippen molar-refractivity contribution >= 4 is 17.0 Å². The van der Waals surface area contributed by atoms with Gasteiger partial charge in [-0.25, -0.2) is 4.98 Å². The lowest BCUT2D eigenvalue weighted by Crippen LogP contribution is -2.23. The van der Waals surface area contributed by atoms with Crippen LogP contribution < -0.4 is 5.32 Å². The van der Waals surface area contributed by atoms with Crippen molar-refractivity contribution in [1.82, 2.24) is 10.3 Å². The summed E-state index contributed by atoms with van der Waals surface area (Å²) in [6.45, 7) is 6.94. The monoisotopic (exact) mass is 384 g/mol. The maximum Gasteiger partial charge on any atom is 0.251 e. The molecular weight excluding hydrogens is 360 g/mol. The van der Waals surface area contributed by atoms with Gasteiger partial charge in [-0.3, -0.25) is 4.79 Å². The number of amides is 1. The number of oxazole rings is 1. The number of para-hydroxylation sites is 2. The zero-order valence-electron chi connectivity index (χ0n) is 16.9. The minimum absolute atomic E-state index is 0.0749. The lowest BCUT2D eigenvalue weighted by molar-refractivity contribution is 0.0951. The van der Waals surface area contributed by atoms with E-state index in [4.69, 9.17) is 4.42 Å². The highest BCUT2D eigenvalue weighted by Crippen LogP contribution is 2.24. The predicted molar refractivity (Wildman–Crippen MR) is 116 cm³/mol. The largest absolute Gasteiger partial charge is 0.436 e. The molecule has 1 aromatic heterocycles. The van der Waals surface area contributed by atoms with E-state index in [2.05, 4.69) is 31.1 Å². The van der Waals surface area contributed by atoms with Crippen LogP contribution in [0.1, 0.15) is 42.3 Å². The topological polar surface area (TPSA) is 55.1 Å². The molecule has 0 aliphatic heterocycles. The van der Waals surface area contributed by atoms with E-state index >= 15 is 0 Å². The van der Waals surface area contributed by atoms with Crippen molar-refractivity contribution < 1.29 is 9.21 Å². The van der Waals surface area contributed by atoms with Crippen LogP contribution in [0.4, 0.5) is 0 Å². The third-order valence-corrected chi connectivity index (χ3v) is 4.96. The molecule has 29 heavy (non-hydrogen) atoms. The summed E-state index contributed by atoms with van der Waals surface area (Å²) in [5.41, 5.74) is 5.50. The Morgan fingerprint density at radius 1 is 0.931 bits per heavy atom. The van der Waals surface area contributed by atoms with Gasteiger partial charge in [0.1, 0.15) is 5.52 Å².